The van der Waals surface area contributed by atoms with E-state index in [2.05, 4.69) is 4.72 Å². The largest absolute Gasteiger partial charge is 0.269 e. The second kappa shape index (κ2) is 8.29. The van der Waals surface area contributed by atoms with Crippen molar-refractivity contribution < 1.29 is 16.8 Å². The molecule has 0 unspecified atom stereocenters. The van der Waals surface area contributed by atoms with Gasteiger partial charge >= 0.3 is 0 Å². The Morgan fingerprint density at radius 2 is 1.96 bits per heavy atom. The van der Waals surface area contributed by atoms with Gasteiger partial charge in [0.05, 0.1) is 29.3 Å². The number of nitrogens with one attached hydrogen (secondary N) is 1. The Morgan fingerprint density at radius 1 is 1.26 bits per heavy atom. The summed E-state index contributed by atoms with van der Waals surface area (Å²) in [6.45, 7) is 1.82. The first-order valence-electron chi connectivity index (χ1n) is 7.15. The van der Waals surface area contributed by atoms with E-state index in [1.165, 1.54) is 6.07 Å². The van der Waals surface area contributed by atoms with Gasteiger partial charge in [0, 0.05) is 13.1 Å². The first kappa shape index (κ1) is 19.4. The fourth-order valence-electron chi connectivity index (χ4n) is 1.93. The van der Waals surface area contributed by atoms with E-state index in [0.29, 0.717) is 17.7 Å². The average Bonchev–Trinajstić information content (AvgIpc) is 2.48. The predicted octanol–water partition coefficient (Wildman–Crippen LogP) is 1.04. The highest BCUT2D eigenvalue weighted by atomic mass is 32.2. The van der Waals surface area contributed by atoms with Crippen LogP contribution in [0, 0.1) is 11.3 Å². The molecule has 0 aromatic heterocycles. The molecule has 1 N–H and O–H groups in total. The molecule has 9 heteroatoms. The topological polar surface area (TPSA) is 107 Å². The Kier molecular flexibility index (Phi) is 7.00. The molecule has 0 fully saturated rings. The third-order valence-corrected chi connectivity index (χ3v) is 5.73. The maximum atomic E-state index is 11.9. The van der Waals surface area contributed by atoms with Crippen molar-refractivity contribution >= 4 is 25.7 Å². The molecule has 0 atom stereocenters. The Morgan fingerprint density at radius 3 is 2.52 bits per heavy atom. The van der Waals surface area contributed by atoms with E-state index in [-0.39, 0.29) is 18.8 Å². The van der Waals surface area contributed by atoms with Gasteiger partial charge in [0.15, 0.2) is 0 Å². The van der Waals surface area contributed by atoms with E-state index in [9.17, 15) is 16.8 Å². The zero-order valence-electron chi connectivity index (χ0n) is 13.2. The highest BCUT2D eigenvalue weighted by molar-refractivity contribution is 7.92. The van der Waals surface area contributed by atoms with Crippen LogP contribution in [0.4, 0.5) is 5.69 Å². The minimum atomic E-state index is -3.59. The molecular weight excluding hydrogens is 338 g/mol. The average molecular weight is 359 g/mol. The van der Waals surface area contributed by atoms with Crippen LogP contribution in [0.15, 0.2) is 24.3 Å². The van der Waals surface area contributed by atoms with Crippen LogP contribution in [0.5, 0.6) is 0 Å². The summed E-state index contributed by atoms with van der Waals surface area (Å²) in [6, 6.07) is 8.11. The number of benzene rings is 1. The van der Waals surface area contributed by atoms with E-state index in [1.54, 1.807) is 18.2 Å². The molecular formula is C14H21N3O4S2. The van der Waals surface area contributed by atoms with Gasteiger partial charge in [-0.2, -0.15) is 5.26 Å². The minimum Gasteiger partial charge on any atom is -0.269 e. The van der Waals surface area contributed by atoms with Crippen LogP contribution in [-0.2, 0) is 20.0 Å². The number of unbranched alkanes of at least 4 members (excludes halogenated alkanes) is 1. The SMILES string of the molecule is CCCCS(=O)(=O)NCCN(c1cccc(C#N)c1)S(C)(=O)=O. The summed E-state index contributed by atoms with van der Waals surface area (Å²) in [5, 5.41) is 8.90. The smallest absolute Gasteiger partial charge is 0.232 e. The maximum absolute atomic E-state index is 11.9. The van der Waals surface area contributed by atoms with Crippen molar-refractivity contribution in [1.29, 1.82) is 5.26 Å². The number of nitriles is 1. The Labute approximate surface area is 138 Å². The first-order valence-corrected chi connectivity index (χ1v) is 10.6. The van der Waals surface area contributed by atoms with Crippen LogP contribution < -0.4 is 9.03 Å². The summed E-state index contributed by atoms with van der Waals surface area (Å²) < 4.78 is 50.8. The lowest BCUT2D eigenvalue weighted by atomic mass is 10.2. The molecule has 0 aliphatic carbocycles. The predicted molar refractivity (Wildman–Crippen MR) is 90.0 cm³/mol. The molecule has 1 aromatic rings. The minimum absolute atomic E-state index is 0.0201. The van der Waals surface area contributed by atoms with Crippen LogP contribution in [-0.4, -0.2) is 41.9 Å². The van der Waals surface area contributed by atoms with Gasteiger partial charge < -0.3 is 0 Å². The van der Waals surface area contributed by atoms with Gasteiger partial charge in [-0.15, -0.1) is 0 Å². The molecule has 0 aliphatic rings. The van der Waals surface area contributed by atoms with Crippen molar-refractivity contribution in [3.63, 3.8) is 0 Å². The number of anilines is 1. The summed E-state index contributed by atoms with van der Waals surface area (Å²) in [5.41, 5.74) is 0.666. The third kappa shape index (κ3) is 6.56. The van der Waals surface area contributed by atoms with E-state index < -0.39 is 20.0 Å². The van der Waals surface area contributed by atoms with Gasteiger partial charge in [0.2, 0.25) is 20.0 Å². The zero-order valence-corrected chi connectivity index (χ0v) is 14.8. The molecule has 128 valence electrons. The first-order chi connectivity index (χ1) is 10.7. The molecule has 7 nitrogen and oxygen atoms in total. The monoisotopic (exact) mass is 359 g/mol. The van der Waals surface area contributed by atoms with E-state index >= 15 is 0 Å². The second-order valence-corrected chi connectivity index (χ2v) is 8.90. The molecule has 0 aliphatic heterocycles. The van der Waals surface area contributed by atoms with Crippen molar-refractivity contribution in [3.05, 3.63) is 29.8 Å². The van der Waals surface area contributed by atoms with Gasteiger partial charge in [-0.05, 0) is 24.6 Å². The van der Waals surface area contributed by atoms with Crippen LogP contribution in [0.25, 0.3) is 0 Å². The van der Waals surface area contributed by atoms with Gasteiger partial charge in [0.1, 0.15) is 0 Å². The third-order valence-electron chi connectivity index (χ3n) is 3.07. The lowest BCUT2D eigenvalue weighted by Gasteiger charge is -2.22. The van der Waals surface area contributed by atoms with Crippen LogP contribution in [0.3, 0.4) is 0 Å². The van der Waals surface area contributed by atoms with Crippen molar-refractivity contribution in [3.8, 4) is 6.07 Å². The summed E-state index contributed by atoms with van der Waals surface area (Å²) in [7, 11) is -6.99. The lowest BCUT2D eigenvalue weighted by Crippen LogP contribution is -2.38. The van der Waals surface area contributed by atoms with Crippen LogP contribution in [0.2, 0.25) is 0 Å². The standard InChI is InChI=1S/C14H21N3O4S2/c1-3-4-10-23(20,21)16-8-9-17(22(2,18)19)14-7-5-6-13(11-14)12-15/h5-7,11,16H,3-4,8-10H2,1-2H3. The lowest BCUT2D eigenvalue weighted by molar-refractivity contribution is 0.575. The molecule has 0 radical (unpaired) electrons. The number of hydrogen-bond acceptors (Lipinski definition) is 5. The zero-order chi connectivity index (χ0) is 17.5. The van der Waals surface area contributed by atoms with Gasteiger partial charge in [0.25, 0.3) is 0 Å². The van der Waals surface area contributed by atoms with Gasteiger partial charge in [-0.1, -0.05) is 19.4 Å². The number of sulfonamides is 2. The molecule has 23 heavy (non-hydrogen) atoms. The molecule has 1 rings (SSSR count). The van der Waals surface area contributed by atoms with Crippen molar-refractivity contribution in [2.24, 2.45) is 0 Å². The van der Waals surface area contributed by atoms with Gasteiger partial charge in [-0.25, -0.2) is 21.6 Å². The van der Waals surface area contributed by atoms with Crippen LogP contribution >= 0.6 is 0 Å². The quantitative estimate of drug-likeness (QED) is 0.709. The summed E-state index contributed by atoms with van der Waals surface area (Å²) in [6.07, 6.45) is 2.35. The highest BCUT2D eigenvalue weighted by Gasteiger charge is 2.18. The molecule has 0 saturated heterocycles. The van der Waals surface area contributed by atoms with E-state index in [1.807, 2.05) is 13.0 Å². The molecule has 0 amide bonds. The van der Waals surface area contributed by atoms with Crippen molar-refractivity contribution in [2.75, 3.05) is 29.4 Å². The molecule has 0 heterocycles. The summed E-state index contributed by atoms with van der Waals surface area (Å²) in [5.74, 6) is 0.0201. The summed E-state index contributed by atoms with van der Waals surface area (Å²) in [4.78, 5) is 0. The number of hydrogen-bond donors (Lipinski definition) is 1. The molecule has 0 saturated carbocycles. The maximum Gasteiger partial charge on any atom is 0.232 e. The van der Waals surface area contributed by atoms with E-state index in [4.69, 9.17) is 5.26 Å². The molecule has 0 bridgehead atoms. The Bertz CT molecular complexity index is 767. The molecule has 0 spiro atoms. The molecule has 1 aromatic carbocycles. The summed E-state index contributed by atoms with van der Waals surface area (Å²) >= 11 is 0. The highest BCUT2D eigenvalue weighted by Crippen LogP contribution is 2.18. The fraction of sp³-hybridized carbons (Fsp3) is 0.500. The second-order valence-electron chi connectivity index (χ2n) is 5.06. The van der Waals surface area contributed by atoms with Gasteiger partial charge in [-0.3, -0.25) is 4.31 Å². The van der Waals surface area contributed by atoms with E-state index in [0.717, 1.165) is 17.0 Å². The fourth-order valence-corrected chi connectivity index (χ4v) is 4.06. The Balaban J connectivity index is 2.84. The Hall–Kier alpha value is -1.63. The van der Waals surface area contributed by atoms with Crippen molar-refractivity contribution in [1.82, 2.24) is 4.72 Å². The van der Waals surface area contributed by atoms with Crippen LogP contribution in [0.1, 0.15) is 25.3 Å². The normalized spacial score (nSPS) is 11.9. The van der Waals surface area contributed by atoms with Crippen molar-refractivity contribution in [2.45, 2.75) is 19.8 Å². The number of rotatable bonds is 9. The number of nitrogens with zero attached hydrogens (tertiary/aromatic N) is 2.